The Bertz CT molecular complexity index is 1050. The second-order valence-corrected chi connectivity index (χ2v) is 5.88. The molecule has 4 rings (SSSR count). The number of aromatic hydroxyl groups is 1. The van der Waals surface area contributed by atoms with Crippen molar-refractivity contribution in [3.63, 3.8) is 0 Å². The first-order valence-electron chi connectivity index (χ1n) is 8.28. The van der Waals surface area contributed by atoms with Gasteiger partial charge in [0.2, 0.25) is 16.9 Å². The topological polar surface area (TPSA) is 24.1 Å². The predicted molar refractivity (Wildman–Crippen MR) is 103 cm³/mol. The van der Waals surface area contributed by atoms with E-state index < -0.39 is 0 Å². The van der Waals surface area contributed by atoms with Crippen molar-refractivity contribution < 1.29 is 9.67 Å². The van der Waals surface area contributed by atoms with Gasteiger partial charge in [-0.2, -0.15) is 4.57 Å². The Morgan fingerprint density at radius 2 is 1.36 bits per heavy atom. The summed E-state index contributed by atoms with van der Waals surface area (Å²) in [5.74, 6) is 0.283. The average Bonchev–Trinajstić information content (AvgIpc) is 2.67. The van der Waals surface area contributed by atoms with E-state index in [1.54, 1.807) is 6.07 Å². The number of para-hydroxylation sites is 3. The van der Waals surface area contributed by atoms with Crippen molar-refractivity contribution in [1.29, 1.82) is 0 Å². The zero-order valence-corrected chi connectivity index (χ0v) is 13.7. The van der Waals surface area contributed by atoms with E-state index in [1.807, 2.05) is 48.6 Å². The Hall–Kier alpha value is -3.39. The number of phenolic OH excluding ortho intramolecular Hbond substituents is 1. The molecule has 0 atom stereocenters. The number of aromatic nitrogens is 1. The Kier molecular flexibility index (Phi) is 4.01. The maximum atomic E-state index is 9.99. The number of nitrogens with zero attached hydrogens (tertiary/aromatic N) is 1. The molecular weight excluding hydrogens is 306 g/mol. The van der Waals surface area contributed by atoms with Crippen molar-refractivity contribution in [1.82, 2.24) is 0 Å². The van der Waals surface area contributed by atoms with Crippen molar-refractivity contribution in [3.8, 4) is 11.4 Å². The smallest absolute Gasteiger partial charge is 0.218 e. The van der Waals surface area contributed by atoms with Crippen LogP contribution in [-0.4, -0.2) is 5.11 Å². The fourth-order valence-corrected chi connectivity index (χ4v) is 3.02. The molecule has 0 saturated carbocycles. The molecule has 25 heavy (non-hydrogen) atoms. The molecule has 0 radical (unpaired) electrons. The van der Waals surface area contributed by atoms with Gasteiger partial charge in [-0.25, -0.2) is 0 Å². The number of fused-ring (bicyclic) bond motifs is 1. The van der Waals surface area contributed by atoms with E-state index in [0.717, 1.165) is 22.5 Å². The maximum Gasteiger partial charge on any atom is 0.218 e. The average molecular weight is 324 g/mol. The third-order valence-electron chi connectivity index (χ3n) is 4.25. The number of phenols is 1. The minimum Gasteiger partial charge on any atom is -0.507 e. The van der Waals surface area contributed by atoms with Crippen molar-refractivity contribution >= 4 is 23.1 Å². The lowest BCUT2D eigenvalue weighted by Crippen LogP contribution is -2.34. The Labute approximate surface area is 146 Å². The van der Waals surface area contributed by atoms with Gasteiger partial charge in [0.1, 0.15) is 5.75 Å². The van der Waals surface area contributed by atoms with E-state index in [9.17, 15) is 5.11 Å². The number of rotatable bonds is 3. The van der Waals surface area contributed by atoms with Crippen molar-refractivity contribution in [3.05, 3.63) is 102 Å². The zero-order chi connectivity index (χ0) is 17.1. The molecule has 2 nitrogen and oxygen atoms in total. The molecule has 0 aliphatic rings. The van der Waals surface area contributed by atoms with Crippen molar-refractivity contribution in [2.45, 2.75) is 0 Å². The summed E-state index contributed by atoms with van der Waals surface area (Å²) in [4.78, 5) is 0. The molecule has 2 heteroatoms. The highest BCUT2D eigenvalue weighted by atomic mass is 16.3. The molecule has 1 aromatic heterocycles. The normalized spacial score (nSPS) is 11.2. The predicted octanol–water partition coefficient (Wildman–Crippen LogP) is 4.99. The van der Waals surface area contributed by atoms with Gasteiger partial charge in [-0.3, -0.25) is 0 Å². The van der Waals surface area contributed by atoms with E-state index in [-0.39, 0.29) is 5.75 Å². The van der Waals surface area contributed by atoms with Crippen LogP contribution in [0.5, 0.6) is 5.75 Å². The van der Waals surface area contributed by atoms with Gasteiger partial charge in [0.15, 0.2) is 0 Å². The minimum absolute atomic E-state index is 0.283. The van der Waals surface area contributed by atoms with E-state index in [1.165, 1.54) is 5.39 Å². The fourth-order valence-electron chi connectivity index (χ4n) is 3.02. The lowest BCUT2D eigenvalue weighted by Gasteiger charge is -2.04. The molecule has 0 amide bonds. The summed E-state index contributed by atoms with van der Waals surface area (Å²) in [7, 11) is 0. The Morgan fingerprint density at radius 1 is 0.640 bits per heavy atom. The summed E-state index contributed by atoms with van der Waals surface area (Å²) < 4.78 is 2.23. The van der Waals surface area contributed by atoms with Crippen LogP contribution >= 0.6 is 0 Å². The van der Waals surface area contributed by atoms with Gasteiger partial charge >= 0.3 is 0 Å². The second kappa shape index (κ2) is 6.62. The largest absolute Gasteiger partial charge is 0.507 e. The molecule has 0 aliphatic carbocycles. The van der Waals surface area contributed by atoms with Gasteiger partial charge in [0.05, 0.1) is 0 Å². The van der Waals surface area contributed by atoms with Crippen LogP contribution in [0.2, 0.25) is 0 Å². The van der Waals surface area contributed by atoms with Gasteiger partial charge in [0, 0.05) is 41.3 Å². The first-order chi connectivity index (χ1) is 12.3. The molecule has 0 bridgehead atoms. The lowest BCUT2D eigenvalue weighted by atomic mass is 10.1. The molecular formula is C23H18NO+. The third-order valence-corrected chi connectivity index (χ3v) is 4.25. The number of hydrogen-bond acceptors (Lipinski definition) is 1. The Balaban J connectivity index is 1.91. The second-order valence-electron chi connectivity index (χ2n) is 5.88. The molecule has 0 spiro atoms. The van der Waals surface area contributed by atoms with Crippen molar-refractivity contribution in [2.24, 2.45) is 0 Å². The van der Waals surface area contributed by atoms with Gasteiger partial charge in [-0.1, -0.05) is 48.5 Å². The van der Waals surface area contributed by atoms with Crippen LogP contribution in [0.3, 0.4) is 0 Å². The van der Waals surface area contributed by atoms with Crippen LogP contribution in [0.1, 0.15) is 11.3 Å². The first kappa shape index (κ1) is 15.2. The number of hydrogen-bond donors (Lipinski definition) is 1. The number of pyridine rings is 1. The van der Waals surface area contributed by atoms with E-state index in [2.05, 4.69) is 53.1 Å². The molecule has 1 N–H and O–H groups in total. The molecule has 4 aromatic rings. The van der Waals surface area contributed by atoms with Crippen molar-refractivity contribution in [2.75, 3.05) is 0 Å². The highest BCUT2D eigenvalue weighted by molar-refractivity contribution is 5.78. The summed E-state index contributed by atoms with van der Waals surface area (Å²) in [6, 6.07) is 30.2. The third kappa shape index (κ3) is 3.02. The number of benzene rings is 3. The molecule has 0 unspecified atom stereocenters. The highest BCUT2D eigenvalue weighted by Gasteiger charge is 2.16. The molecule has 0 saturated heterocycles. The van der Waals surface area contributed by atoms with E-state index in [0.29, 0.717) is 0 Å². The molecule has 1 heterocycles. The summed E-state index contributed by atoms with van der Waals surface area (Å²) in [6.45, 7) is 0. The quantitative estimate of drug-likeness (QED) is 0.527. The van der Waals surface area contributed by atoms with Gasteiger partial charge in [0.25, 0.3) is 0 Å². The SMILES string of the molecule is Oc1ccccc1/C=C/c1ccc2ccccc2[n+]1-c1ccccc1. The molecule has 3 aromatic carbocycles. The summed E-state index contributed by atoms with van der Waals surface area (Å²) >= 11 is 0. The standard InChI is InChI=1S/C23H17NO/c25-23-13-7-5-9-19(23)15-17-21-16-14-18-8-4-6-12-22(18)24(21)20-10-2-1-3-11-20/h1-17H/p+1. The lowest BCUT2D eigenvalue weighted by molar-refractivity contribution is -0.569. The first-order valence-corrected chi connectivity index (χ1v) is 8.28. The molecule has 120 valence electrons. The summed E-state index contributed by atoms with van der Waals surface area (Å²) in [6.07, 6.45) is 3.98. The van der Waals surface area contributed by atoms with Gasteiger partial charge in [-0.15, -0.1) is 0 Å². The summed E-state index contributed by atoms with van der Waals surface area (Å²) in [5.41, 5.74) is 4.10. The van der Waals surface area contributed by atoms with Crippen LogP contribution in [0.4, 0.5) is 0 Å². The van der Waals surface area contributed by atoms with E-state index in [4.69, 9.17) is 0 Å². The minimum atomic E-state index is 0.283. The van der Waals surface area contributed by atoms with Crippen LogP contribution in [0.15, 0.2) is 91.0 Å². The van der Waals surface area contributed by atoms with E-state index >= 15 is 0 Å². The van der Waals surface area contributed by atoms with Gasteiger partial charge < -0.3 is 5.11 Å². The van der Waals surface area contributed by atoms with Crippen LogP contribution in [0, 0.1) is 0 Å². The monoisotopic (exact) mass is 324 g/mol. The van der Waals surface area contributed by atoms with Crippen LogP contribution < -0.4 is 4.57 Å². The molecule has 0 fully saturated rings. The summed E-state index contributed by atoms with van der Waals surface area (Å²) in [5, 5.41) is 11.2. The van der Waals surface area contributed by atoms with Gasteiger partial charge in [-0.05, 0) is 24.3 Å². The Morgan fingerprint density at radius 3 is 2.20 bits per heavy atom. The van der Waals surface area contributed by atoms with Crippen LogP contribution in [0.25, 0.3) is 28.7 Å². The maximum absolute atomic E-state index is 9.99. The molecule has 0 aliphatic heterocycles. The fraction of sp³-hybridized carbons (Fsp3) is 0. The van der Waals surface area contributed by atoms with Crippen LogP contribution in [-0.2, 0) is 0 Å². The highest BCUT2D eigenvalue weighted by Crippen LogP contribution is 2.19. The zero-order valence-electron chi connectivity index (χ0n) is 13.7.